The van der Waals surface area contributed by atoms with Gasteiger partial charge in [0.2, 0.25) is 0 Å². The normalized spacial score (nSPS) is 19.3. The highest BCUT2D eigenvalue weighted by Crippen LogP contribution is 2.44. The van der Waals surface area contributed by atoms with Gasteiger partial charge in [0.1, 0.15) is 35.1 Å². The van der Waals surface area contributed by atoms with E-state index in [-0.39, 0.29) is 0 Å². The summed E-state index contributed by atoms with van der Waals surface area (Å²) in [6.07, 6.45) is -1.34. The third-order valence-electron chi connectivity index (χ3n) is 10.5. The van der Waals surface area contributed by atoms with Crippen LogP contribution in [-0.4, -0.2) is 109 Å². The molecule has 6 aromatic rings. The summed E-state index contributed by atoms with van der Waals surface area (Å²) in [5.74, 6) is 2.21. The molecule has 0 saturated carbocycles. The Labute approximate surface area is 327 Å². The van der Waals surface area contributed by atoms with Crippen LogP contribution in [0.2, 0.25) is 0 Å². The van der Waals surface area contributed by atoms with Crippen LogP contribution in [0.5, 0.6) is 0 Å². The van der Waals surface area contributed by atoms with Crippen molar-refractivity contribution in [2.45, 2.75) is 0 Å². The number of fused-ring (bicyclic) bond motifs is 14. The topological polar surface area (TPSA) is 180 Å². The quantitative estimate of drug-likeness (QED) is 0.198. The van der Waals surface area contributed by atoms with Gasteiger partial charge >= 0.3 is 26.5 Å². The van der Waals surface area contributed by atoms with Crippen LogP contribution in [0, 0.1) is 0 Å². The highest BCUT2D eigenvalue weighted by Gasteiger charge is 2.64. The summed E-state index contributed by atoms with van der Waals surface area (Å²) in [4.78, 5) is 31.5. The summed E-state index contributed by atoms with van der Waals surface area (Å²) in [5.41, 5.74) is 3.70. The van der Waals surface area contributed by atoms with E-state index in [9.17, 15) is 10.2 Å². The van der Waals surface area contributed by atoms with Crippen molar-refractivity contribution in [3.8, 4) is 0 Å². The van der Waals surface area contributed by atoms with Gasteiger partial charge in [-0.15, -0.1) is 0 Å². The first-order valence-corrected chi connectivity index (χ1v) is 23.5. The van der Waals surface area contributed by atoms with Crippen LogP contribution in [0.25, 0.3) is 21.5 Å². The zero-order valence-corrected chi connectivity index (χ0v) is 34.1. The first-order chi connectivity index (χ1) is 27.9. The Kier molecular flexibility index (Phi) is 8.40. The molecule has 0 fully saturated rings. The summed E-state index contributed by atoms with van der Waals surface area (Å²) in [5, 5.41) is 25.1. The minimum atomic E-state index is -4.98. The molecule has 4 aliphatic rings. The highest BCUT2D eigenvalue weighted by atomic mass is 28.5. The number of benzene rings is 4. The largest absolute Gasteiger partial charge is 0.588 e. The summed E-state index contributed by atoms with van der Waals surface area (Å²) in [6.45, 7) is 0. The lowest BCUT2D eigenvalue weighted by Crippen LogP contribution is -2.74. The second-order valence-corrected chi connectivity index (χ2v) is 22.0. The van der Waals surface area contributed by atoms with Crippen molar-refractivity contribution >= 4 is 83.0 Å². The summed E-state index contributed by atoms with van der Waals surface area (Å²) >= 11 is 0. The number of aliphatic imine (C=N–C) groups is 4. The van der Waals surface area contributed by atoms with Gasteiger partial charge in [0, 0.05) is 72.2 Å². The van der Waals surface area contributed by atoms with Crippen molar-refractivity contribution in [1.29, 1.82) is 0 Å². The molecule has 0 atom stereocenters. The Morgan fingerprint density at radius 1 is 0.456 bits per heavy atom. The third kappa shape index (κ3) is 5.13. The number of hydrogen-bond donors (Lipinski definition) is 2. The van der Waals surface area contributed by atoms with Crippen LogP contribution < -0.4 is 11.0 Å². The lowest BCUT2D eigenvalue weighted by Gasteiger charge is -2.41. The van der Waals surface area contributed by atoms with Crippen LogP contribution in [0.1, 0.15) is 22.3 Å². The Balaban J connectivity index is 1.55. The van der Waals surface area contributed by atoms with Crippen LogP contribution >= 0.6 is 0 Å². The SMILES string of the molecule is CO[Si](CO)(OC)O[Si]1(O[Si](CO)(OC)OC)n2c3c4ccccc4c2/N=C2N=C(/N=c4/c5ccccc5/c(n41)=N/C1=NC(=N\3)/c3ccccc31)c1ccccc1\2. The number of hydrogen-bond acceptors (Lipinski definition) is 14. The van der Waals surface area contributed by atoms with E-state index < -0.39 is 39.0 Å². The van der Waals surface area contributed by atoms with E-state index in [1.54, 1.807) is 8.47 Å². The molecule has 286 valence electrons. The Morgan fingerprint density at radius 2 is 0.789 bits per heavy atom. The van der Waals surface area contributed by atoms with E-state index in [1.165, 1.54) is 28.4 Å². The van der Waals surface area contributed by atoms with Crippen molar-refractivity contribution < 1.29 is 36.1 Å². The number of rotatable bonds is 10. The van der Waals surface area contributed by atoms with Crippen LogP contribution in [0.3, 0.4) is 0 Å². The summed E-state index contributed by atoms with van der Waals surface area (Å²) in [6, 6.07) is 30.8. The van der Waals surface area contributed by atoms with Gasteiger partial charge in [0.15, 0.2) is 23.3 Å². The van der Waals surface area contributed by atoms with Crippen molar-refractivity contribution in [3.63, 3.8) is 0 Å². The summed E-state index contributed by atoms with van der Waals surface area (Å²) in [7, 11) is -7.80. The average molecular weight is 815 g/mol. The molecule has 4 aromatic carbocycles. The molecule has 16 nitrogen and oxygen atoms in total. The van der Waals surface area contributed by atoms with Crippen molar-refractivity contribution in [1.82, 2.24) is 8.47 Å². The lowest BCUT2D eigenvalue weighted by atomic mass is 10.1. The standard InChI is InChI=1S/C38H34N8O8Si3/c1-49-55(21-47,50-2)53-57(54-56(22-48,51-3)52-4)45-35-27-17-9-10-18-28(27)37(45)43-33-25-15-7-8-16-26(25)34(40-33)44-38-30-20-12-11-19-29(30)36(46(38)57)42-32-24-14-6-5-13-23(24)31(39-32)41-35/h5-20,47-48H,21-22H2,1-4H3/b41-31-,41-35?,42-32?,42-36-,43-33-,43-37?,44-34?,44-38-. The fourth-order valence-corrected chi connectivity index (χ4v) is 17.6. The number of aliphatic hydroxyl groups is 2. The molecule has 10 rings (SSSR count). The first kappa shape index (κ1) is 35.9. The van der Waals surface area contributed by atoms with Gasteiger partial charge in [0.25, 0.3) is 0 Å². The fraction of sp³-hybridized carbons (Fsp3) is 0.158. The molecule has 0 unspecified atom stereocenters. The molecule has 4 aliphatic heterocycles. The van der Waals surface area contributed by atoms with Gasteiger partial charge in [0.05, 0.1) is 0 Å². The summed E-state index contributed by atoms with van der Waals surface area (Å²) < 4.78 is 42.6. The van der Waals surface area contributed by atoms with Gasteiger partial charge < -0.3 is 36.1 Å². The molecule has 19 heteroatoms. The van der Waals surface area contributed by atoms with E-state index in [1.807, 2.05) is 97.1 Å². The van der Waals surface area contributed by atoms with E-state index in [0.29, 0.717) is 67.5 Å². The van der Waals surface area contributed by atoms with E-state index in [0.717, 1.165) is 22.3 Å². The Bertz CT molecular complexity index is 2730. The van der Waals surface area contributed by atoms with E-state index in [2.05, 4.69) is 0 Å². The average Bonchev–Trinajstić information content (AvgIpc) is 3.98. The van der Waals surface area contributed by atoms with Crippen molar-refractivity contribution in [2.75, 3.05) is 40.9 Å². The van der Waals surface area contributed by atoms with Gasteiger partial charge in [-0.3, -0.25) is 8.47 Å². The minimum absolute atomic E-state index is 0.333. The molecular weight excluding hydrogens is 781 g/mol. The maximum absolute atomic E-state index is 11.2. The molecule has 0 spiro atoms. The van der Waals surface area contributed by atoms with Crippen LogP contribution in [0.4, 0.5) is 11.6 Å². The predicted molar refractivity (Wildman–Crippen MR) is 217 cm³/mol. The molecule has 0 aliphatic carbocycles. The minimum Gasteiger partial charge on any atom is -0.392 e. The van der Waals surface area contributed by atoms with Crippen molar-refractivity contribution in [2.24, 2.45) is 30.0 Å². The number of amidine groups is 4. The van der Waals surface area contributed by atoms with E-state index >= 15 is 0 Å². The van der Waals surface area contributed by atoms with Crippen LogP contribution in [-0.2, 0) is 25.9 Å². The van der Waals surface area contributed by atoms with Crippen molar-refractivity contribution in [3.05, 3.63) is 130 Å². The van der Waals surface area contributed by atoms with Gasteiger partial charge in [-0.1, -0.05) is 97.1 Å². The maximum atomic E-state index is 11.2. The molecule has 57 heavy (non-hydrogen) atoms. The van der Waals surface area contributed by atoms with E-state index in [4.69, 9.17) is 55.9 Å². The molecule has 0 amide bonds. The Hall–Kier alpha value is -5.43. The smallest absolute Gasteiger partial charge is 0.392 e. The van der Waals surface area contributed by atoms with Gasteiger partial charge in [-0.25, -0.2) is 30.0 Å². The number of aliphatic hydroxyl groups excluding tert-OH is 2. The molecule has 2 N–H and O–H groups in total. The molecular formula is C38H34N8O8Si3. The number of aromatic nitrogens is 2. The predicted octanol–water partition coefficient (Wildman–Crippen LogP) is 2.93. The third-order valence-corrected chi connectivity index (χ3v) is 20.4. The number of nitrogens with zero attached hydrogens (tertiary/aromatic N) is 8. The molecule has 2 aromatic heterocycles. The lowest BCUT2D eigenvalue weighted by molar-refractivity contribution is 0.0784. The zero-order valence-electron chi connectivity index (χ0n) is 31.1. The molecule has 6 heterocycles. The molecule has 6 bridgehead atoms. The van der Waals surface area contributed by atoms with Crippen LogP contribution in [0.15, 0.2) is 127 Å². The fourth-order valence-electron chi connectivity index (χ4n) is 7.70. The first-order valence-electron chi connectivity index (χ1n) is 17.9. The highest BCUT2D eigenvalue weighted by molar-refractivity contribution is 6.83. The second-order valence-electron chi connectivity index (χ2n) is 13.4. The van der Waals surface area contributed by atoms with Gasteiger partial charge in [-0.05, 0) is 0 Å². The molecule has 0 saturated heterocycles. The monoisotopic (exact) mass is 814 g/mol. The second kappa shape index (κ2) is 13.3. The zero-order chi connectivity index (χ0) is 39.1. The molecule has 0 radical (unpaired) electrons. The van der Waals surface area contributed by atoms with Gasteiger partial charge in [-0.2, -0.15) is 0 Å². The Morgan fingerprint density at radius 3 is 1.14 bits per heavy atom. The maximum Gasteiger partial charge on any atom is 0.588 e.